The molecule has 1 aliphatic heterocycles. The van der Waals surface area contributed by atoms with Crippen LogP contribution in [0.5, 0.6) is 11.5 Å². The molecule has 150 valence electrons. The van der Waals surface area contributed by atoms with E-state index in [0.29, 0.717) is 0 Å². The Morgan fingerprint density at radius 2 is 1.57 bits per heavy atom. The Balaban J connectivity index is 1.74. The second-order valence-electron chi connectivity index (χ2n) is 8.10. The highest BCUT2D eigenvalue weighted by atomic mass is 16.5. The lowest BCUT2D eigenvalue weighted by atomic mass is 9.67. The van der Waals surface area contributed by atoms with Gasteiger partial charge in [0.2, 0.25) is 0 Å². The molecule has 3 rings (SSSR count). The van der Waals surface area contributed by atoms with Gasteiger partial charge < -0.3 is 14.2 Å². The number of hydrogen-bond acceptors (Lipinski definition) is 4. The Labute approximate surface area is 168 Å². The molecule has 0 spiro atoms. The van der Waals surface area contributed by atoms with Crippen molar-refractivity contribution in [1.29, 1.82) is 0 Å². The van der Waals surface area contributed by atoms with Crippen LogP contribution in [0.2, 0.25) is 0 Å². The summed E-state index contributed by atoms with van der Waals surface area (Å²) < 4.78 is 16.6. The van der Waals surface area contributed by atoms with Crippen LogP contribution in [-0.4, -0.2) is 39.2 Å². The predicted molar refractivity (Wildman–Crippen MR) is 114 cm³/mol. The summed E-state index contributed by atoms with van der Waals surface area (Å²) in [6, 6.07) is 16.5. The van der Waals surface area contributed by atoms with Crippen LogP contribution in [0.25, 0.3) is 0 Å². The monoisotopic (exact) mass is 381 g/mol. The summed E-state index contributed by atoms with van der Waals surface area (Å²) in [6.07, 6.45) is 4.95. The van der Waals surface area contributed by atoms with Gasteiger partial charge in [-0.2, -0.15) is 0 Å². The summed E-state index contributed by atoms with van der Waals surface area (Å²) in [7, 11) is 3.38. The van der Waals surface area contributed by atoms with Crippen LogP contribution in [0.4, 0.5) is 0 Å². The van der Waals surface area contributed by atoms with E-state index in [-0.39, 0.29) is 11.0 Å². The molecule has 0 saturated carbocycles. The van der Waals surface area contributed by atoms with Crippen molar-refractivity contribution in [3.8, 4) is 11.5 Å². The zero-order chi connectivity index (χ0) is 20.0. The van der Waals surface area contributed by atoms with Crippen molar-refractivity contribution in [1.82, 2.24) is 0 Å². The SMILES string of the molecule is COc1ccc(C=NCC[C@]2(c3ccc(OC)cc3)CCOC(C)(C)C2)cc1. The maximum atomic E-state index is 6.01. The zero-order valence-corrected chi connectivity index (χ0v) is 17.4. The lowest BCUT2D eigenvalue weighted by Gasteiger charge is -2.45. The second-order valence-corrected chi connectivity index (χ2v) is 8.10. The quantitative estimate of drug-likeness (QED) is 0.631. The standard InChI is InChI=1S/C24H31NO3/c1-23(2)18-24(14-16-28-23,20-7-11-22(27-4)12-8-20)13-15-25-17-19-5-9-21(26-3)10-6-19/h5-12,17H,13-16,18H2,1-4H3/t24-/m0/s1. The van der Waals surface area contributed by atoms with Crippen molar-refractivity contribution in [2.75, 3.05) is 27.4 Å². The largest absolute Gasteiger partial charge is 0.497 e. The molecule has 4 heteroatoms. The topological polar surface area (TPSA) is 40.0 Å². The van der Waals surface area contributed by atoms with Crippen LogP contribution in [-0.2, 0) is 10.2 Å². The molecule has 0 unspecified atom stereocenters. The first-order valence-corrected chi connectivity index (χ1v) is 9.89. The molecule has 0 aliphatic carbocycles. The van der Waals surface area contributed by atoms with E-state index >= 15 is 0 Å². The minimum absolute atomic E-state index is 0.0747. The van der Waals surface area contributed by atoms with E-state index in [2.05, 4.69) is 38.1 Å². The first-order chi connectivity index (χ1) is 13.5. The van der Waals surface area contributed by atoms with Crippen molar-refractivity contribution in [3.05, 3.63) is 59.7 Å². The fraction of sp³-hybridized carbons (Fsp3) is 0.458. The summed E-state index contributed by atoms with van der Waals surface area (Å²) in [5.41, 5.74) is 2.39. The second kappa shape index (κ2) is 8.78. The van der Waals surface area contributed by atoms with Gasteiger partial charge in [-0.1, -0.05) is 12.1 Å². The van der Waals surface area contributed by atoms with Gasteiger partial charge in [0.05, 0.1) is 19.8 Å². The van der Waals surface area contributed by atoms with E-state index in [1.165, 1.54) is 5.56 Å². The van der Waals surface area contributed by atoms with Crippen molar-refractivity contribution < 1.29 is 14.2 Å². The molecule has 2 aromatic rings. The average Bonchev–Trinajstić information content (AvgIpc) is 2.71. The number of methoxy groups -OCH3 is 2. The highest BCUT2D eigenvalue weighted by Gasteiger charge is 2.41. The maximum absolute atomic E-state index is 6.01. The fourth-order valence-corrected chi connectivity index (χ4v) is 4.16. The van der Waals surface area contributed by atoms with Gasteiger partial charge in [-0.05, 0) is 80.6 Å². The van der Waals surface area contributed by atoms with Gasteiger partial charge >= 0.3 is 0 Å². The van der Waals surface area contributed by atoms with Gasteiger partial charge in [-0.25, -0.2) is 0 Å². The predicted octanol–water partition coefficient (Wildman–Crippen LogP) is 5.04. The molecule has 0 aromatic heterocycles. The third kappa shape index (κ3) is 4.93. The summed E-state index contributed by atoms with van der Waals surface area (Å²) in [4.78, 5) is 4.71. The fourth-order valence-electron chi connectivity index (χ4n) is 4.16. The van der Waals surface area contributed by atoms with E-state index in [4.69, 9.17) is 19.2 Å². The van der Waals surface area contributed by atoms with E-state index in [1.807, 2.05) is 30.5 Å². The van der Waals surface area contributed by atoms with Crippen LogP contribution in [0.3, 0.4) is 0 Å². The molecule has 1 aliphatic rings. The summed E-state index contributed by atoms with van der Waals surface area (Å²) in [6.45, 7) is 5.94. The van der Waals surface area contributed by atoms with Gasteiger partial charge in [0, 0.05) is 24.8 Å². The third-order valence-corrected chi connectivity index (χ3v) is 5.62. The molecule has 4 nitrogen and oxygen atoms in total. The Morgan fingerprint density at radius 1 is 0.964 bits per heavy atom. The van der Waals surface area contributed by atoms with Crippen molar-refractivity contribution >= 4 is 6.21 Å². The van der Waals surface area contributed by atoms with Crippen LogP contribution < -0.4 is 9.47 Å². The molecule has 0 amide bonds. The average molecular weight is 382 g/mol. The Morgan fingerprint density at radius 3 is 2.14 bits per heavy atom. The van der Waals surface area contributed by atoms with E-state index in [0.717, 1.165) is 49.5 Å². The molecule has 1 fully saturated rings. The van der Waals surface area contributed by atoms with Gasteiger partial charge in [0.25, 0.3) is 0 Å². The minimum atomic E-state index is -0.127. The summed E-state index contributed by atoms with van der Waals surface area (Å²) in [5.74, 6) is 1.75. The molecular formula is C24H31NO3. The van der Waals surface area contributed by atoms with E-state index < -0.39 is 0 Å². The number of nitrogens with zero attached hydrogens (tertiary/aromatic N) is 1. The maximum Gasteiger partial charge on any atom is 0.118 e. The van der Waals surface area contributed by atoms with Gasteiger partial charge in [-0.3, -0.25) is 4.99 Å². The van der Waals surface area contributed by atoms with Crippen molar-refractivity contribution in [3.63, 3.8) is 0 Å². The van der Waals surface area contributed by atoms with Crippen LogP contribution in [0, 0.1) is 0 Å². The summed E-state index contributed by atoms with van der Waals surface area (Å²) >= 11 is 0. The number of benzene rings is 2. The molecule has 2 aromatic carbocycles. The molecule has 28 heavy (non-hydrogen) atoms. The lowest BCUT2D eigenvalue weighted by molar-refractivity contribution is -0.0836. The highest BCUT2D eigenvalue weighted by molar-refractivity contribution is 5.79. The normalized spacial score (nSPS) is 21.6. The Bertz CT molecular complexity index is 781. The molecule has 1 atom stereocenters. The number of aliphatic imine (C=N–C) groups is 1. The number of rotatable bonds is 7. The minimum Gasteiger partial charge on any atom is -0.497 e. The zero-order valence-electron chi connectivity index (χ0n) is 17.4. The van der Waals surface area contributed by atoms with Crippen LogP contribution >= 0.6 is 0 Å². The molecule has 0 N–H and O–H groups in total. The van der Waals surface area contributed by atoms with E-state index in [1.54, 1.807) is 14.2 Å². The van der Waals surface area contributed by atoms with E-state index in [9.17, 15) is 0 Å². The number of hydrogen-bond donors (Lipinski definition) is 0. The molecule has 1 heterocycles. The first kappa shape index (κ1) is 20.4. The highest BCUT2D eigenvalue weighted by Crippen LogP contribution is 2.44. The van der Waals surface area contributed by atoms with Gasteiger partial charge in [-0.15, -0.1) is 0 Å². The molecule has 0 bridgehead atoms. The number of ether oxygens (including phenoxy) is 3. The smallest absolute Gasteiger partial charge is 0.118 e. The third-order valence-electron chi connectivity index (χ3n) is 5.62. The van der Waals surface area contributed by atoms with Crippen LogP contribution in [0.1, 0.15) is 44.2 Å². The van der Waals surface area contributed by atoms with Crippen molar-refractivity contribution in [2.45, 2.75) is 44.1 Å². The van der Waals surface area contributed by atoms with Gasteiger partial charge in [0.15, 0.2) is 0 Å². The lowest BCUT2D eigenvalue weighted by Crippen LogP contribution is -2.44. The first-order valence-electron chi connectivity index (χ1n) is 9.89. The Hall–Kier alpha value is -2.33. The molecular weight excluding hydrogens is 350 g/mol. The Kier molecular flexibility index (Phi) is 6.40. The summed E-state index contributed by atoms with van der Waals surface area (Å²) in [5, 5.41) is 0. The van der Waals surface area contributed by atoms with Crippen LogP contribution in [0.15, 0.2) is 53.5 Å². The van der Waals surface area contributed by atoms with Crippen molar-refractivity contribution in [2.24, 2.45) is 4.99 Å². The molecule has 1 saturated heterocycles. The molecule has 0 radical (unpaired) electrons. The van der Waals surface area contributed by atoms with Gasteiger partial charge in [0.1, 0.15) is 11.5 Å².